The minimum absolute atomic E-state index is 0.0219. The molecular weight excluding hydrogens is 452 g/mol. The number of hydrogen-bond donors (Lipinski definition) is 0. The van der Waals surface area contributed by atoms with Gasteiger partial charge in [0.05, 0.1) is 4.92 Å². The number of carbonyl (C=O) groups excluding carboxylic acids is 2. The molecule has 0 aromatic heterocycles. The van der Waals surface area contributed by atoms with E-state index in [9.17, 15) is 19.7 Å². The number of nitro groups is 1. The average molecular weight is 475 g/mol. The van der Waals surface area contributed by atoms with Gasteiger partial charge in [0.25, 0.3) is 5.69 Å². The Morgan fingerprint density at radius 1 is 1.03 bits per heavy atom. The summed E-state index contributed by atoms with van der Waals surface area (Å²) in [5.74, 6) is -0.717. The zero-order chi connectivity index (χ0) is 24.2. The van der Waals surface area contributed by atoms with E-state index in [-0.39, 0.29) is 39.9 Å². The van der Waals surface area contributed by atoms with Crippen molar-refractivity contribution in [1.29, 1.82) is 0 Å². The van der Waals surface area contributed by atoms with Crippen LogP contribution in [0, 0.1) is 15.5 Å². The lowest BCUT2D eigenvalue weighted by molar-refractivity contribution is -0.384. The molecule has 3 aromatic carbocycles. The van der Waals surface area contributed by atoms with Crippen LogP contribution in [0.4, 0.5) is 11.4 Å². The SMILES string of the molecule is CC1(C)CC(=O)C2=C(C1)N(c1cc(Cl)ccc1[N+](=O)[O-])C(=O)CC2c1cccc2ccccc12. The number of fused-ring (bicyclic) bond motifs is 1. The average Bonchev–Trinajstić information content (AvgIpc) is 2.77. The second-order valence-electron chi connectivity index (χ2n) is 9.75. The summed E-state index contributed by atoms with van der Waals surface area (Å²) in [6.45, 7) is 3.95. The number of nitro benzene ring substituents is 1. The molecule has 172 valence electrons. The highest BCUT2D eigenvalue weighted by atomic mass is 35.5. The van der Waals surface area contributed by atoms with Crippen molar-refractivity contribution < 1.29 is 14.5 Å². The smallest absolute Gasteiger partial charge is 0.293 e. The molecule has 0 saturated heterocycles. The summed E-state index contributed by atoms with van der Waals surface area (Å²) in [4.78, 5) is 39.9. The van der Waals surface area contributed by atoms with Gasteiger partial charge < -0.3 is 0 Å². The molecule has 0 saturated carbocycles. The van der Waals surface area contributed by atoms with Gasteiger partial charge in [-0.3, -0.25) is 24.6 Å². The van der Waals surface area contributed by atoms with Crippen molar-refractivity contribution in [1.82, 2.24) is 0 Å². The molecular formula is C27H23ClN2O4. The van der Waals surface area contributed by atoms with E-state index in [0.29, 0.717) is 24.1 Å². The molecule has 1 heterocycles. The van der Waals surface area contributed by atoms with Crippen molar-refractivity contribution in [2.45, 2.75) is 39.0 Å². The summed E-state index contributed by atoms with van der Waals surface area (Å²) in [6, 6.07) is 18.0. The molecule has 1 aliphatic heterocycles. The lowest BCUT2D eigenvalue weighted by Crippen LogP contribution is -2.44. The number of amides is 1. The Hall–Kier alpha value is -3.51. The Morgan fingerprint density at radius 2 is 1.76 bits per heavy atom. The van der Waals surface area contributed by atoms with Gasteiger partial charge in [-0.05, 0) is 40.3 Å². The maximum atomic E-state index is 13.7. The van der Waals surface area contributed by atoms with Gasteiger partial charge in [-0.2, -0.15) is 0 Å². The molecule has 0 N–H and O–H groups in total. The van der Waals surface area contributed by atoms with E-state index < -0.39 is 10.8 Å². The third-order valence-electron chi connectivity index (χ3n) is 6.72. The Morgan fingerprint density at radius 3 is 2.53 bits per heavy atom. The zero-order valence-electron chi connectivity index (χ0n) is 18.9. The minimum Gasteiger partial charge on any atom is -0.294 e. The van der Waals surface area contributed by atoms with Crippen LogP contribution < -0.4 is 4.90 Å². The van der Waals surface area contributed by atoms with Crippen molar-refractivity contribution in [3.8, 4) is 0 Å². The molecule has 7 heteroatoms. The van der Waals surface area contributed by atoms with Crippen molar-refractivity contribution in [3.05, 3.63) is 92.6 Å². The summed E-state index contributed by atoms with van der Waals surface area (Å²) in [5, 5.41) is 14.1. The van der Waals surface area contributed by atoms with E-state index in [1.54, 1.807) is 0 Å². The highest BCUT2D eigenvalue weighted by molar-refractivity contribution is 6.31. The van der Waals surface area contributed by atoms with Gasteiger partial charge in [0.1, 0.15) is 5.69 Å². The fourth-order valence-electron chi connectivity index (χ4n) is 5.34. The standard InChI is InChI=1S/C27H23ClN2O4/c1-27(2)14-23-26(24(31)15-27)20(19-9-5-7-16-6-3-4-8-18(16)19)13-25(32)29(23)22-12-17(28)10-11-21(22)30(33)34/h3-12,20H,13-15H2,1-2H3. The first-order chi connectivity index (χ1) is 16.2. The van der Waals surface area contributed by atoms with Gasteiger partial charge in [-0.1, -0.05) is 67.9 Å². The first-order valence-electron chi connectivity index (χ1n) is 11.2. The van der Waals surface area contributed by atoms with Crippen LogP contribution in [-0.4, -0.2) is 16.6 Å². The van der Waals surface area contributed by atoms with E-state index in [4.69, 9.17) is 11.6 Å². The number of carbonyl (C=O) groups is 2. The second-order valence-corrected chi connectivity index (χ2v) is 10.2. The predicted molar refractivity (Wildman–Crippen MR) is 132 cm³/mol. The maximum Gasteiger partial charge on any atom is 0.293 e. The molecule has 1 unspecified atom stereocenters. The van der Waals surface area contributed by atoms with Crippen LogP contribution in [0.1, 0.15) is 44.6 Å². The van der Waals surface area contributed by atoms with Crippen LogP contribution in [0.3, 0.4) is 0 Å². The molecule has 0 fully saturated rings. The van der Waals surface area contributed by atoms with Crippen LogP contribution in [0.25, 0.3) is 10.8 Å². The number of nitrogens with zero attached hydrogens (tertiary/aromatic N) is 2. The highest BCUT2D eigenvalue weighted by Gasteiger charge is 2.45. The molecule has 1 amide bonds. The largest absolute Gasteiger partial charge is 0.294 e. The second kappa shape index (κ2) is 8.06. The van der Waals surface area contributed by atoms with E-state index >= 15 is 0 Å². The van der Waals surface area contributed by atoms with Gasteiger partial charge in [0.15, 0.2) is 5.78 Å². The molecule has 5 rings (SSSR count). The first kappa shape index (κ1) is 22.3. The summed E-state index contributed by atoms with van der Waals surface area (Å²) in [5.41, 5.74) is 1.54. The molecule has 0 bridgehead atoms. The first-order valence-corrected chi connectivity index (χ1v) is 11.5. The summed E-state index contributed by atoms with van der Waals surface area (Å²) < 4.78 is 0. The molecule has 6 nitrogen and oxygen atoms in total. The van der Waals surface area contributed by atoms with Crippen molar-refractivity contribution in [3.63, 3.8) is 0 Å². The van der Waals surface area contributed by atoms with E-state index in [0.717, 1.165) is 16.3 Å². The Bertz CT molecular complexity index is 1400. The lowest BCUT2D eigenvalue weighted by Gasteiger charge is -2.42. The van der Waals surface area contributed by atoms with Crippen LogP contribution in [0.5, 0.6) is 0 Å². The van der Waals surface area contributed by atoms with Crippen LogP contribution >= 0.6 is 11.6 Å². The quantitative estimate of drug-likeness (QED) is 0.318. The van der Waals surface area contributed by atoms with Crippen molar-refractivity contribution in [2.24, 2.45) is 5.41 Å². The van der Waals surface area contributed by atoms with Gasteiger partial charge in [-0.15, -0.1) is 0 Å². The van der Waals surface area contributed by atoms with Crippen molar-refractivity contribution >= 4 is 45.4 Å². The zero-order valence-corrected chi connectivity index (χ0v) is 19.6. The van der Waals surface area contributed by atoms with Gasteiger partial charge in [0, 0.05) is 41.1 Å². The van der Waals surface area contributed by atoms with E-state index in [1.165, 1.54) is 23.1 Å². The van der Waals surface area contributed by atoms with Crippen LogP contribution in [0.2, 0.25) is 5.02 Å². The molecule has 2 aliphatic rings. The molecule has 34 heavy (non-hydrogen) atoms. The van der Waals surface area contributed by atoms with Crippen molar-refractivity contribution in [2.75, 3.05) is 4.90 Å². The number of benzene rings is 3. The van der Waals surface area contributed by atoms with Gasteiger partial charge in [-0.25, -0.2) is 0 Å². The monoisotopic (exact) mass is 474 g/mol. The molecule has 0 spiro atoms. The highest BCUT2D eigenvalue weighted by Crippen LogP contribution is 2.50. The minimum atomic E-state index is -0.522. The number of rotatable bonds is 3. The third-order valence-corrected chi connectivity index (χ3v) is 6.95. The van der Waals surface area contributed by atoms with E-state index in [1.807, 2.05) is 56.3 Å². The molecule has 0 radical (unpaired) electrons. The predicted octanol–water partition coefficient (Wildman–Crippen LogP) is 6.57. The Kier molecular flexibility index (Phi) is 5.29. The molecule has 3 aromatic rings. The van der Waals surface area contributed by atoms with E-state index in [2.05, 4.69) is 0 Å². The normalized spacial score (nSPS) is 20.0. The van der Waals surface area contributed by atoms with Gasteiger partial charge in [0.2, 0.25) is 5.91 Å². The van der Waals surface area contributed by atoms with Gasteiger partial charge >= 0.3 is 0 Å². The number of allylic oxidation sites excluding steroid dienone is 2. The lowest BCUT2D eigenvalue weighted by atomic mass is 9.69. The third kappa shape index (κ3) is 3.68. The Balaban J connectivity index is 1.77. The fourth-order valence-corrected chi connectivity index (χ4v) is 5.51. The number of Topliss-reactive ketones (excluding diaryl/α,β-unsaturated/α-hetero) is 1. The number of anilines is 1. The topological polar surface area (TPSA) is 80.5 Å². The molecule has 1 atom stereocenters. The fraction of sp³-hybridized carbons (Fsp3) is 0.259. The Labute approximate surface area is 202 Å². The van der Waals surface area contributed by atoms with Crippen LogP contribution in [0.15, 0.2) is 71.9 Å². The summed E-state index contributed by atoms with van der Waals surface area (Å²) >= 11 is 6.19. The number of ketones is 1. The maximum absolute atomic E-state index is 13.7. The summed E-state index contributed by atoms with van der Waals surface area (Å²) in [6.07, 6.45) is 0.847. The summed E-state index contributed by atoms with van der Waals surface area (Å²) in [7, 11) is 0. The van der Waals surface area contributed by atoms with Crippen LogP contribution in [-0.2, 0) is 9.59 Å². The molecule has 1 aliphatic carbocycles. The number of hydrogen-bond acceptors (Lipinski definition) is 4. The number of halogens is 1.